The maximum atomic E-state index is 12.8. The predicted octanol–water partition coefficient (Wildman–Crippen LogP) is 3.24. The molecule has 1 unspecified atom stereocenters. The number of nitrogens with zero attached hydrogens (tertiary/aromatic N) is 3. The molecule has 1 aliphatic heterocycles. The zero-order valence-corrected chi connectivity index (χ0v) is 13.3. The summed E-state index contributed by atoms with van der Waals surface area (Å²) in [5.74, 6) is 0.139. The van der Waals surface area contributed by atoms with Gasteiger partial charge < -0.3 is 9.32 Å². The van der Waals surface area contributed by atoms with Gasteiger partial charge in [-0.3, -0.25) is 9.48 Å². The van der Waals surface area contributed by atoms with Crippen LogP contribution < -0.4 is 4.90 Å². The SMILES string of the molecule is O=C(CCc1ccoc1)N1CC(n2cccn2)Cc2ccccc21. The lowest BCUT2D eigenvalue weighted by molar-refractivity contribution is -0.118. The second-order valence-electron chi connectivity index (χ2n) is 6.11. The number of benzene rings is 1. The number of anilines is 1. The van der Waals surface area contributed by atoms with E-state index in [0.29, 0.717) is 19.4 Å². The van der Waals surface area contributed by atoms with E-state index in [9.17, 15) is 4.79 Å². The van der Waals surface area contributed by atoms with Crippen molar-refractivity contribution in [1.29, 1.82) is 0 Å². The highest BCUT2D eigenvalue weighted by atomic mass is 16.3. The molecule has 1 amide bonds. The Labute approximate surface area is 140 Å². The van der Waals surface area contributed by atoms with Gasteiger partial charge in [0.15, 0.2) is 0 Å². The first kappa shape index (κ1) is 14.8. The summed E-state index contributed by atoms with van der Waals surface area (Å²) in [5, 5.41) is 4.36. The summed E-state index contributed by atoms with van der Waals surface area (Å²) < 4.78 is 7.03. The summed E-state index contributed by atoms with van der Waals surface area (Å²) >= 11 is 0. The molecule has 0 bridgehead atoms. The summed E-state index contributed by atoms with van der Waals surface area (Å²) in [5.41, 5.74) is 3.27. The van der Waals surface area contributed by atoms with Gasteiger partial charge in [0.25, 0.3) is 0 Å². The number of para-hydroxylation sites is 1. The predicted molar refractivity (Wildman–Crippen MR) is 90.8 cm³/mol. The number of hydrogen-bond donors (Lipinski definition) is 0. The van der Waals surface area contributed by atoms with E-state index in [1.807, 2.05) is 46.1 Å². The van der Waals surface area contributed by atoms with Gasteiger partial charge in [-0.1, -0.05) is 18.2 Å². The van der Waals surface area contributed by atoms with Crippen molar-refractivity contribution in [2.24, 2.45) is 0 Å². The number of carbonyl (C=O) groups is 1. The molecule has 1 aliphatic rings. The number of fused-ring (bicyclic) bond motifs is 1. The molecular formula is C19H19N3O2. The van der Waals surface area contributed by atoms with Crippen LogP contribution >= 0.6 is 0 Å². The fraction of sp³-hybridized carbons (Fsp3) is 0.263. The molecule has 122 valence electrons. The lowest BCUT2D eigenvalue weighted by atomic mass is 9.97. The zero-order chi connectivity index (χ0) is 16.4. The van der Waals surface area contributed by atoms with Gasteiger partial charge in [-0.05, 0) is 42.2 Å². The second kappa shape index (κ2) is 6.35. The number of furan rings is 1. The largest absolute Gasteiger partial charge is 0.472 e. The van der Waals surface area contributed by atoms with Crippen LogP contribution in [0.1, 0.15) is 23.6 Å². The minimum absolute atomic E-state index is 0.139. The van der Waals surface area contributed by atoms with Gasteiger partial charge in [0, 0.05) is 31.0 Å². The lowest BCUT2D eigenvalue weighted by Gasteiger charge is -2.34. The van der Waals surface area contributed by atoms with E-state index in [1.165, 1.54) is 5.56 Å². The van der Waals surface area contributed by atoms with E-state index in [4.69, 9.17) is 4.42 Å². The van der Waals surface area contributed by atoms with E-state index in [1.54, 1.807) is 18.7 Å². The molecule has 3 aromatic rings. The van der Waals surface area contributed by atoms with Gasteiger partial charge in [0.2, 0.25) is 5.91 Å². The number of amides is 1. The van der Waals surface area contributed by atoms with Gasteiger partial charge in [-0.2, -0.15) is 5.10 Å². The van der Waals surface area contributed by atoms with Crippen LogP contribution in [-0.2, 0) is 17.6 Å². The molecule has 3 heterocycles. The molecule has 5 heteroatoms. The quantitative estimate of drug-likeness (QED) is 0.741. The second-order valence-corrected chi connectivity index (χ2v) is 6.11. The fourth-order valence-corrected chi connectivity index (χ4v) is 3.31. The molecule has 0 spiro atoms. The molecule has 0 fully saturated rings. The Morgan fingerprint density at radius 1 is 1.25 bits per heavy atom. The van der Waals surface area contributed by atoms with Gasteiger partial charge >= 0.3 is 0 Å². The maximum absolute atomic E-state index is 12.8. The van der Waals surface area contributed by atoms with Gasteiger partial charge in [-0.25, -0.2) is 0 Å². The van der Waals surface area contributed by atoms with Crippen LogP contribution in [0.3, 0.4) is 0 Å². The monoisotopic (exact) mass is 321 g/mol. The maximum Gasteiger partial charge on any atom is 0.227 e. The van der Waals surface area contributed by atoms with Crippen molar-refractivity contribution < 1.29 is 9.21 Å². The van der Waals surface area contributed by atoms with Crippen LogP contribution in [0.5, 0.6) is 0 Å². The fourth-order valence-electron chi connectivity index (χ4n) is 3.31. The molecular weight excluding hydrogens is 302 g/mol. The Morgan fingerprint density at radius 2 is 2.17 bits per heavy atom. The Kier molecular flexibility index (Phi) is 3.91. The van der Waals surface area contributed by atoms with Crippen molar-refractivity contribution in [2.75, 3.05) is 11.4 Å². The molecule has 24 heavy (non-hydrogen) atoms. The highest BCUT2D eigenvalue weighted by Crippen LogP contribution is 2.32. The third-order valence-electron chi connectivity index (χ3n) is 4.54. The highest BCUT2D eigenvalue weighted by molar-refractivity contribution is 5.94. The van der Waals surface area contributed by atoms with E-state index >= 15 is 0 Å². The Morgan fingerprint density at radius 3 is 2.96 bits per heavy atom. The number of carbonyl (C=O) groups excluding carboxylic acids is 1. The smallest absolute Gasteiger partial charge is 0.227 e. The number of hydrogen-bond acceptors (Lipinski definition) is 3. The highest BCUT2D eigenvalue weighted by Gasteiger charge is 2.29. The molecule has 2 aromatic heterocycles. The van der Waals surface area contributed by atoms with Crippen molar-refractivity contribution in [2.45, 2.75) is 25.3 Å². The zero-order valence-electron chi connectivity index (χ0n) is 13.3. The van der Waals surface area contributed by atoms with Crippen molar-refractivity contribution in [1.82, 2.24) is 9.78 Å². The van der Waals surface area contributed by atoms with E-state index in [2.05, 4.69) is 11.2 Å². The molecule has 0 radical (unpaired) electrons. The van der Waals surface area contributed by atoms with E-state index in [0.717, 1.165) is 17.7 Å². The van der Waals surface area contributed by atoms with Crippen LogP contribution in [0, 0.1) is 0 Å². The van der Waals surface area contributed by atoms with Crippen molar-refractivity contribution >= 4 is 11.6 Å². The Balaban J connectivity index is 1.56. The minimum Gasteiger partial charge on any atom is -0.472 e. The Bertz CT molecular complexity index is 809. The normalized spacial score (nSPS) is 16.8. The summed E-state index contributed by atoms with van der Waals surface area (Å²) in [6.45, 7) is 0.656. The molecule has 4 rings (SSSR count). The van der Waals surface area contributed by atoms with Crippen LogP contribution in [0.4, 0.5) is 5.69 Å². The summed E-state index contributed by atoms with van der Waals surface area (Å²) in [4.78, 5) is 14.7. The van der Waals surface area contributed by atoms with Gasteiger partial charge in [-0.15, -0.1) is 0 Å². The van der Waals surface area contributed by atoms with Crippen LogP contribution in [0.25, 0.3) is 0 Å². The van der Waals surface area contributed by atoms with Crippen molar-refractivity contribution in [3.63, 3.8) is 0 Å². The summed E-state index contributed by atoms with van der Waals surface area (Å²) in [6.07, 6.45) is 9.15. The molecule has 1 atom stereocenters. The summed E-state index contributed by atoms with van der Waals surface area (Å²) in [7, 11) is 0. The van der Waals surface area contributed by atoms with E-state index < -0.39 is 0 Å². The van der Waals surface area contributed by atoms with Gasteiger partial charge in [0.1, 0.15) is 0 Å². The Hall–Kier alpha value is -2.82. The third kappa shape index (κ3) is 2.85. The topological polar surface area (TPSA) is 51.3 Å². The average Bonchev–Trinajstić information content (AvgIpc) is 3.32. The van der Waals surface area contributed by atoms with Crippen LogP contribution in [-0.4, -0.2) is 22.2 Å². The first-order chi connectivity index (χ1) is 11.8. The number of aromatic nitrogens is 2. The van der Waals surface area contributed by atoms with Crippen molar-refractivity contribution in [3.8, 4) is 0 Å². The molecule has 5 nitrogen and oxygen atoms in total. The third-order valence-corrected chi connectivity index (χ3v) is 4.54. The standard InChI is InChI=1S/C19H19N3O2/c23-19(7-6-15-8-11-24-14-15)21-13-17(22-10-3-9-20-22)12-16-4-1-2-5-18(16)21/h1-5,8-11,14,17H,6-7,12-13H2. The van der Waals surface area contributed by atoms with E-state index in [-0.39, 0.29) is 11.9 Å². The van der Waals surface area contributed by atoms with Crippen molar-refractivity contribution in [3.05, 3.63) is 72.4 Å². The average molecular weight is 321 g/mol. The first-order valence-corrected chi connectivity index (χ1v) is 8.20. The molecule has 0 aliphatic carbocycles. The summed E-state index contributed by atoms with van der Waals surface area (Å²) in [6, 6.07) is 12.1. The van der Waals surface area contributed by atoms with Crippen LogP contribution in [0.15, 0.2) is 65.7 Å². The molecule has 0 N–H and O–H groups in total. The molecule has 0 saturated carbocycles. The van der Waals surface area contributed by atoms with Crippen LogP contribution in [0.2, 0.25) is 0 Å². The van der Waals surface area contributed by atoms with Gasteiger partial charge in [0.05, 0.1) is 18.6 Å². The molecule has 0 saturated heterocycles. The minimum atomic E-state index is 0.139. The lowest BCUT2D eigenvalue weighted by Crippen LogP contribution is -2.41. The molecule has 1 aromatic carbocycles. The number of rotatable bonds is 4. The number of aryl methyl sites for hydroxylation is 1. The first-order valence-electron chi connectivity index (χ1n) is 8.20.